The molecule has 32 heavy (non-hydrogen) atoms. The molecule has 0 bridgehead atoms. The predicted octanol–water partition coefficient (Wildman–Crippen LogP) is 2.78. The molecule has 8 nitrogen and oxygen atoms in total. The van der Waals surface area contributed by atoms with Gasteiger partial charge in [-0.15, -0.1) is 5.10 Å². The van der Waals surface area contributed by atoms with Crippen molar-refractivity contribution >= 4 is 6.03 Å². The normalized spacial score (nSPS) is 11.3. The zero-order valence-electron chi connectivity index (χ0n) is 17.4. The Morgan fingerprint density at radius 3 is 2.50 bits per heavy atom. The number of methoxy groups -OCH3 is 1. The number of benzene rings is 2. The fourth-order valence-corrected chi connectivity index (χ4v) is 2.98. The van der Waals surface area contributed by atoms with Gasteiger partial charge in [-0.25, -0.2) is 14.3 Å². The van der Waals surface area contributed by atoms with Gasteiger partial charge in [-0.2, -0.15) is 13.2 Å². The van der Waals surface area contributed by atoms with Crippen LogP contribution >= 0.6 is 0 Å². The summed E-state index contributed by atoms with van der Waals surface area (Å²) in [5, 5.41) is 9.43. The third-order valence-corrected chi connectivity index (χ3v) is 4.71. The monoisotopic (exact) mass is 449 g/mol. The Morgan fingerprint density at radius 2 is 1.84 bits per heavy atom. The van der Waals surface area contributed by atoms with E-state index in [0.29, 0.717) is 12.3 Å². The van der Waals surface area contributed by atoms with Crippen LogP contribution in [0.1, 0.15) is 11.1 Å². The van der Waals surface area contributed by atoms with E-state index in [1.54, 1.807) is 19.2 Å². The molecule has 11 heteroatoms. The Kier molecular flexibility index (Phi) is 6.86. The Morgan fingerprint density at radius 1 is 1.12 bits per heavy atom. The zero-order valence-corrected chi connectivity index (χ0v) is 17.4. The van der Waals surface area contributed by atoms with E-state index in [9.17, 15) is 22.8 Å². The first kappa shape index (κ1) is 22.9. The maximum Gasteiger partial charge on any atom is 0.416 e. The fraction of sp³-hybridized carbons (Fsp3) is 0.286. The number of rotatable bonds is 7. The number of hydrogen-bond acceptors (Lipinski definition) is 4. The van der Waals surface area contributed by atoms with Crippen molar-refractivity contribution in [3.05, 3.63) is 70.1 Å². The minimum absolute atomic E-state index is 0.0571. The van der Waals surface area contributed by atoms with E-state index in [2.05, 4.69) is 15.7 Å². The zero-order chi connectivity index (χ0) is 23.3. The summed E-state index contributed by atoms with van der Waals surface area (Å²) >= 11 is 0. The highest BCUT2D eigenvalue weighted by Gasteiger charge is 2.30. The third-order valence-electron chi connectivity index (χ3n) is 4.71. The van der Waals surface area contributed by atoms with Gasteiger partial charge in [0, 0.05) is 25.7 Å². The summed E-state index contributed by atoms with van der Waals surface area (Å²) in [6.45, 7) is 0.466. The third kappa shape index (κ3) is 5.48. The molecule has 3 rings (SSSR count). The Labute approximate surface area is 181 Å². The smallest absolute Gasteiger partial charge is 0.416 e. The lowest BCUT2D eigenvalue weighted by Gasteiger charge is -2.08. The van der Waals surface area contributed by atoms with Crippen molar-refractivity contribution in [2.75, 3.05) is 13.7 Å². The summed E-state index contributed by atoms with van der Waals surface area (Å²) in [4.78, 5) is 24.4. The highest BCUT2D eigenvalue weighted by molar-refractivity contribution is 5.73. The van der Waals surface area contributed by atoms with Gasteiger partial charge in [0.15, 0.2) is 5.82 Å². The molecule has 0 aliphatic heterocycles. The Bertz CT molecular complexity index is 1140. The van der Waals surface area contributed by atoms with Gasteiger partial charge in [0.1, 0.15) is 5.75 Å². The van der Waals surface area contributed by atoms with E-state index in [0.717, 1.165) is 22.4 Å². The lowest BCUT2D eigenvalue weighted by Crippen LogP contribution is -2.38. The lowest BCUT2D eigenvalue weighted by atomic mass is 10.1. The van der Waals surface area contributed by atoms with Crippen molar-refractivity contribution in [1.29, 1.82) is 0 Å². The molecule has 2 N–H and O–H groups in total. The minimum atomic E-state index is -4.50. The highest BCUT2D eigenvalue weighted by atomic mass is 19.4. The highest BCUT2D eigenvalue weighted by Crippen LogP contribution is 2.31. The second-order valence-electron chi connectivity index (χ2n) is 6.92. The van der Waals surface area contributed by atoms with Gasteiger partial charge in [0.2, 0.25) is 0 Å². The Balaban J connectivity index is 1.58. The van der Waals surface area contributed by atoms with E-state index >= 15 is 0 Å². The van der Waals surface area contributed by atoms with Crippen molar-refractivity contribution < 1.29 is 22.7 Å². The molecule has 0 aliphatic carbocycles. The second kappa shape index (κ2) is 9.58. The predicted molar refractivity (Wildman–Crippen MR) is 111 cm³/mol. The van der Waals surface area contributed by atoms with Gasteiger partial charge in [-0.3, -0.25) is 4.57 Å². The number of hydrogen-bond donors (Lipinski definition) is 2. The molecule has 3 aromatic rings. The number of nitrogens with one attached hydrogen (secondary N) is 2. The van der Waals surface area contributed by atoms with Gasteiger partial charge < -0.3 is 15.4 Å². The van der Waals surface area contributed by atoms with Crippen LogP contribution < -0.4 is 21.1 Å². The van der Waals surface area contributed by atoms with Crippen molar-refractivity contribution in [3.63, 3.8) is 0 Å². The van der Waals surface area contributed by atoms with Crippen LogP contribution in [0.3, 0.4) is 0 Å². The molecule has 2 aromatic carbocycles. The van der Waals surface area contributed by atoms with Gasteiger partial charge in [0.05, 0.1) is 19.2 Å². The number of halogens is 3. The fourth-order valence-electron chi connectivity index (χ4n) is 2.98. The van der Waals surface area contributed by atoms with Crippen LogP contribution in [0.2, 0.25) is 0 Å². The van der Waals surface area contributed by atoms with E-state index in [1.165, 1.54) is 23.7 Å². The summed E-state index contributed by atoms with van der Waals surface area (Å²) in [6.07, 6.45) is -4.50. The van der Waals surface area contributed by atoms with E-state index in [-0.39, 0.29) is 24.5 Å². The number of carbonyl (C=O) groups is 1. The van der Waals surface area contributed by atoms with Crippen LogP contribution in [0, 0.1) is 0 Å². The van der Waals surface area contributed by atoms with E-state index < -0.39 is 23.5 Å². The molecule has 0 saturated heterocycles. The number of amides is 2. The van der Waals surface area contributed by atoms with Gasteiger partial charge in [-0.1, -0.05) is 24.3 Å². The van der Waals surface area contributed by atoms with Crippen LogP contribution in [-0.2, 0) is 26.3 Å². The first-order valence-electron chi connectivity index (χ1n) is 9.65. The second-order valence-corrected chi connectivity index (χ2v) is 6.92. The maximum atomic E-state index is 13.0. The molecular formula is C21H22F3N5O3. The maximum absolute atomic E-state index is 13.0. The van der Waals surface area contributed by atoms with Crippen molar-refractivity contribution in [3.8, 4) is 17.1 Å². The van der Waals surface area contributed by atoms with Crippen LogP contribution in [0.25, 0.3) is 11.4 Å². The Hall–Kier alpha value is -3.76. The molecule has 0 atom stereocenters. The molecule has 2 amide bonds. The van der Waals surface area contributed by atoms with Gasteiger partial charge >= 0.3 is 17.9 Å². The van der Waals surface area contributed by atoms with Gasteiger partial charge in [-0.05, 0) is 29.8 Å². The molecule has 0 saturated carbocycles. The SMILES string of the molecule is COc1ccc(CNC(=O)NCCn2nc(-c3cccc(C(F)(F)F)c3)n(C)c2=O)cc1. The quantitative estimate of drug-likeness (QED) is 0.581. The summed E-state index contributed by atoms with van der Waals surface area (Å²) in [5.74, 6) is 0.813. The first-order chi connectivity index (χ1) is 15.2. The molecule has 0 spiro atoms. The average Bonchev–Trinajstić information content (AvgIpc) is 3.06. The van der Waals surface area contributed by atoms with E-state index in [1.807, 2.05) is 12.1 Å². The van der Waals surface area contributed by atoms with Crippen molar-refractivity contribution in [2.24, 2.45) is 7.05 Å². The molecule has 170 valence electrons. The number of aromatic nitrogens is 3. The van der Waals surface area contributed by atoms with Crippen molar-refractivity contribution in [2.45, 2.75) is 19.3 Å². The molecule has 0 radical (unpaired) electrons. The topological polar surface area (TPSA) is 90.2 Å². The largest absolute Gasteiger partial charge is 0.497 e. The van der Waals surface area contributed by atoms with Crippen LogP contribution in [0.4, 0.5) is 18.0 Å². The standard InChI is InChI=1S/C21H22F3N5O3/c1-28-18(15-4-3-5-16(12-15)21(22,23)24)27-29(20(28)31)11-10-25-19(30)26-13-14-6-8-17(32-2)9-7-14/h3-9,12H,10-11,13H2,1-2H3,(H2,25,26,30). The molecule has 1 aromatic heterocycles. The van der Waals surface area contributed by atoms with Crippen LogP contribution in [0.15, 0.2) is 53.3 Å². The van der Waals surface area contributed by atoms with Crippen molar-refractivity contribution in [1.82, 2.24) is 25.0 Å². The number of nitrogens with zero attached hydrogens (tertiary/aromatic N) is 3. The van der Waals surface area contributed by atoms with Crippen LogP contribution in [0.5, 0.6) is 5.75 Å². The number of carbonyl (C=O) groups excluding carboxylic acids is 1. The van der Waals surface area contributed by atoms with Crippen LogP contribution in [-0.4, -0.2) is 34.0 Å². The first-order valence-corrected chi connectivity index (χ1v) is 9.65. The molecule has 0 fully saturated rings. The van der Waals surface area contributed by atoms with Gasteiger partial charge in [0.25, 0.3) is 0 Å². The molecule has 0 aliphatic rings. The number of alkyl halides is 3. The summed E-state index contributed by atoms with van der Waals surface area (Å²) in [5.41, 5.74) is -0.277. The average molecular weight is 449 g/mol. The minimum Gasteiger partial charge on any atom is -0.497 e. The molecule has 0 unspecified atom stereocenters. The summed E-state index contributed by atoms with van der Waals surface area (Å²) in [7, 11) is 2.99. The summed E-state index contributed by atoms with van der Waals surface area (Å²) in [6, 6.07) is 11.4. The lowest BCUT2D eigenvalue weighted by molar-refractivity contribution is -0.137. The summed E-state index contributed by atoms with van der Waals surface area (Å²) < 4.78 is 46.2. The van der Waals surface area contributed by atoms with E-state index in [4.69, 9.17) is 4.74 Å². The molecule has 1 heterocycles. The molecular weight excluding hydrogens is 427 g/mol. The number of urea groups is 1. The number of ether oxygens (including phenoxy) is 1.